The van der Waals surface area contributed by atoms with Crippen molar-refractivity contribution in [1.82, 2.24) is 5.32 Å². The van der Waals surface area contributed by atoms with Crippen molar-refractivity contribution in [1.29, 1.82) is 0 Å². The second-order valence-electron chi connectivity index (χ2n) is 2.16. The average Bonchev–Trinajstić information content (AvgIpc) is 1.94. The summed E-state index contributed by atoms with van der Waals surface area (Å²) in [6.07, 6.45) is 4.18. The molecule has 1 aliphatic heterocycles. The molecule has 1 heterocycles. The predicted octanol–water partition coefficient (Wildman–Crippen LogP) is -2.70. The molecule has 1 aliphatic rings. The second-order valence-corrected chi connectivity index (χ2v) is 2.16. The summed E-state index contributed by atoms with van der Waals surface area (Å²) in [6.45, 7) is 0.888. The molecule has 54 valence electrons. The van der Waals surface area contributed by atoms with Crippen molar-refractivity contribution >= 4 is 29.0 Å². The quantitative estimate of drug-likeness (QED) is 0.440. The van der Waals surface area contributed by atoms with E-state index in [1.54, 1.807) is 0 Å². The van der Waals surface area contributed by atoms with E-state index in [1.165, 1.54) is 6.42 Å². The third kappa shape index (κ3) is 5.50. The molecule has 0 aromatic rings. The zero-order valence-electron chi connectivity index (χ0n) is 6.03. The van der Waals surface area contributed by atoms with Crippen molar-refractivity contribution in [2.75, 3.05) is 6.54 Å². The van der Waals surface area contributed by atoms with Crippen LogP contribution in [-0.4, -0.2) is 35.5 Å². The molecule has 1 N–H and O–H groups in total. The van der Waals surface area contributed by atoms with Crippen LogP contribution in [0.2, 0.25) is 0 Å². The molecular weight excluding hydrogens is 206 g/mol. The van der Waals surface area contributed by atoms with E-state index in [0.29, 0.717) is 0 Å². The van der Waals surface area contributed by atoms with Gasteiger partial charge in [-0.25, -0.2) is 0 Å². The van der Waals surface area contributed by atoms with Gasteiger partial charge in [-0.2, -0.15) is 0 Å². The first kappa shape index (κ1) is 13.3. The van der Waals surface area contributed by atoms with Crippen molar-refractivity contribution < 1.29 is 21.8 Å². The van der Waals surface area contributed by atoms with Gasteiger partial charge in [0.05, 0.1) is 0 Å². The maximum atomic E-state index is 10.6. The molecule has 0 aromatic heterocycles. The van der Waals surface area contributed by atoms with Crippen LogP contribution in [0, 0.1) is 0 Å². The number of carbonyl (C=O) groups excluding carboxylic acids is 1. The Morgan fingerprint density at radius 3 is 2.60 bits per heavy atom. The molecule has 0 saturated carbocycles. The fourth-order valence-corrected chi connectivity index (χ4v) is 0.904. The van der Waals surface area contributed by atoms with Gasteiger partial charge in [0.1, 0.15) is 0 Å². The third-order valence-corrected chi connectivity index (χ3v) is 1.40. The number of hydrogen-bond acceptors (Lipinski definition) is 1. The average molecular weight is 217 g/mol. The Morgan fingerprint density at radius 1 is 1.20 bits per heavy atom. The Hall–Kier alpha value is 0.716. The zero-order valence-corrected chi connectivity index (χ0v) is 9.03. The minimum Gasteiger partial charge on any atom is -1.00 e. The van der Waals surface area contributed by atoms with Gasteiger partial charge in [0.2, 0.25) is 5.91 Å². The minimum absolute atomic E-state index is 0. The summed E-state index contributed by atoms with van der Waals surface area (Å²) in [5, 5.41) is 2.81. The molecule has 1 fully saturated rings. The summed E-state index contributed by atoms with van der Waals surface area (Å²) in [5.41, 5.74) is 0. The van der Waals surface area contributed by atoms with E-state index in [2.05, 4.69) is 5.32 Å². The number of halogens is 1. The van der Waals surface area contributed by atoms with Gasteiger partial charge in [-0.05, 0) is 12.8 Å². The Balaban J connectivity index is 0. The van der Waals surface area contributed by atoms with Crippen molar-refractivity contribution in [3.8, 4) is 0 Å². The molecule has 0 bridgehead atoms. The van der Waals surface area contributed by atoms with Gasteiger partial charge < -0.3 is 22.3 Å². The maximum absolute atomic E-state index is 10.6. The van der Waals surface area contributed by atoms with Crippen molar-refractivity contribution in [3.05, 3.63) is 0 Å². The number of nitrogens with one attached hydrogen (secondary N) is 1. The van der Waals surface area contributed by atoms with E-state index in [0.717, 1.165) is 25.8 Å². The molecule has 0 aromatic carbocycles. The van der Waals surface area contributed by atoms with Crippen LogP contribution in [0.4, 0.5) is 0 Å². The second kappa shape index (κ2) is 7.82. The monoisotopic (exact) mass is 216 g/mol. The molecule has 4 heteroatoms. The molecule has 10 heavy (non-hydrogen) atoms. The van der Waals surface area contributed by atoms with Gasteiger partial charge in [0.15, 0.2) is 0 Å². The Bertz CT molecular complexity index is 89.7. The SMILES string of the molecule is O=C1CCCCCN1.[Br-].[Mg+2]. The molecule has 1 saturated heterocycles. The fraction of sp³-hybridized carbons (Fsp3) is 0.833. The summed E-state index contributed by atoms with van der Waals surface area (Å²) in [4.78, 5) is 10.6. The normalized spacial score (nSPS) is 17.4. The number of amides is 1. The van der Waals surface area contributed by atoms with Gasteiger partial charge in [0.25, 0.3) is 0 Å². The first-order valence-electron chi connectivity index (χ1n) is 3.16. The van der Waals surface area contributed by atoms with Crippen LogP contribution >= 0.6 is 0 Å². The van der Waals surface area contributed by atoms with E-state index >= 15 is 0 Å². The Morgan fingerprint density at radius 2 is 1.90 bits per heavy atom. The molecule has 1 rings (SSSR count). The zero-order chi connectivity index (χ0) is 5.82. The summed E-state index contributed by atoms with van der Waals surface area (Å²) in [6, 6.07) is 0. The first-order valence-corrected chi connectivity index (χ1v) is 3.16. The fourth-order valence-electron chi connectivity index (χ4n) is 0.904. The van der Waals surface area contributed by atoms with E-state index in [4.69, 9.17) is 0 Å². The summed E-state index contributed by atoms with van der Waals surface area (Å²) in [7, 11) is 0. The van der Waals surface area contributed by atoms with Gasteiger partial charge in [-0.1, -0.05) is 6.42 Å². The van der Waals surface area contributed by atoms with Crippen molar-refractivity contribution in [2.45, 2.75) is 25.7 Å². The van der Waals surface area contributed by atoms with E-state index < -0.39 is 0 Å². The van der Waals surface area contributed by atoms with Crippen LogP contribution in [0.3, 0.4) is 0 Å². The molecular formula is C6H11BrMgNO+. The molecule has 0 radical (unpaired) electrons. The van der Waals surface area contributed by atoms with Crippen LogP contribution in [0.15, 0.2) is 0 Å². The van der Waals surface area contributed by atoms with Gasteiger partial charge in [-0.15, -0.1) is 0 Å². The topological polar surface area (TPSA) is 29.1 Å². The first-order chi connectivity index (χ1) is 3.89. The molecule has 2 nitrogen and oxygen atoms in total. The van der Waals surface area contributed by atoms with Gasteiger partial charge in [-0.3, -0.25) is 4.79 Å². The van der Waals surface area contributed by atoms with Crippen LogP contribution in [0.5, 0.6) is 0 Å². The third-order valence-electron chi connectivity index (χ3n) is 1.40. The standard InChI is InChI=1S/C6H11NO.BrH.Mg/c8-6-4-2-1-3-5-7-6;;/h1-5H2,(H,7,8);1H;/q;;+2/p-1. The summed E-state index contributed by atoms with van der Waals surface area (Å²) < 4.78 is 0. The van der Waals surface area contributed by atoms with Crippen molar-refractivity contribution in [3.63, 3.8) is 0 Å². The predicted molar refractivity (Wildman–Crippen MR) is 37.2 cm³/mol. The smallest absolute Gasteiger partial charge is 1.00 e. The van der Waals surface area contributed by atoms with Crippen LogP contribution < -0.4 is 22.3 Å². The molecule has 0 atom stereocenters. The van der Waals surface area contributed by atoms with Crippen LogP contribution in [-0.2, 0) is 4.79 Å². The number of hydrogen-bond donors (Lipinski definition) is 1. The molecule has 0 aliphatic carbocycles. The Kier molecular flexibility index (Phi) is 10.4. The molecule has 1 amide bonds. The van der Waals surface area contributed by atoms with E-state index in [1.807, 2.05) is 0 Å². The molecule has 0 spiro atoms. The van der Waals surface area contributed by atoms with E-state index in [-0.39, 0.29) is 45.9 Å². The maximum Gasteiger partial charge on any atom is 2.00 e. The van der Waals surface area contributed by atoms with Crippen molar-refractivity contribution in [2.24, 2.45) is 0 Å². The summed E-state index contributed by atoms with van der Waals surface area (Å²) in [5.74, 6) is 0.225. The van der Waals surface area contributed by atoms with E-state index in [9.17, 15) is 4.79 Å². The minimum atomic E-state index is 0. The van der Waals surface area contributed by atoms with Gasteiger partial charge >= 0.3 is 23.1 Å². The largest absolute Gasteiger partial charge is 2.00 e. The number of rotatable bonds is 0. The Labute approximate surface area is 88.1 Å². The molecule has 0 unspecified atom stereocenters. The number of carbonyl (C=O) groups is 1. The summed E-state index contributed by atoms with van der Waals surface area (Å²) >= 11 is 0. The van der Waals surface area contributed by atoms with Crippen LogP contribution in [0.1, 0.15) is 25.7 Å². The van der Waals surface area contributed by atoms with Gasteiger partial charge in [0, 0.05) is 13.0 Å². The van der Waals surface area contributed by atoms with Crippen LogP contribution in [0.25, 0.3) is 0 Å².